The van der Waals surface area contributed by atoms with Gasteiger partial charge in [0.2, 0.25) is 21.1 Å². The zero-order chi connectivity index (χ0) is 22.6. The van der Waals surface area contributed by atoms with E-state index in [1.165, 1.54) is 21.2 Å². The zero-order valence-corrected chi connectivity index (χ0v) is 20.0. The van der Waals surface area contributed by atoms with E-state index in [1.807, 2.05) is 25.1 Å². The highest BCUT2D eigenvalue weighted by Gasteiger charge is 2.32. The first-order valence-corrected chi connectivity index (χ1v) is 13.5. The summed E-state index contributed by atoms with van der Waals surface area (Å²) in [6, 6.07) is 16.9. The van der Waals surface area contributed by atoms with Gasteiger partial charge in [-0.15, -0.1) is 10.2 Å². The lowest BCUT2D eigenvalue weighted by Crippen LogP contribution is -2.41. The van der Waals surface area contributed by atoms with E-state index in [1.54, 1.807) is 36.0 Å². The quantitative estimate of drug-likeness (QED) is 0.396. The Morgan fingerprint density at radius 3 is 2.47 bits per heavy atom. The van der Waals surface area contributed by atoms with E-state index in [4.69, 9.17) is 0 Å². The van der Waals surface area contributed by atoms with E-state index in [9.17, 15) is 13.2 Å². The van der Waals surface area contributed by atoms with Crippen molar-refractivity contribution in [1.82, 2.24) is 14.5 Å². The molecule has 0 aliphatic carbocycles. The molecule has 2 aromatic carbocycles. The number of amides is 1. The van der Waals surface area contributed by atoms with Crippen LogP contribution in [-0.2, 0) is 20.6 Å². The molecule has 2 heterocycles. The number of carbonyl (C=O) groups is 1. The second kappa shape index (κ2) is 10.1. The number of thioether (sulfide) groups is 1. The average molecular weight is 489 g/mol. The van der Waals surface area contributed by atoms with Gasteiger partial charge in [0.25, 0.3) is 0 Å². The number of anilines is 1. The molecule has 0 atom stereocenters. The Bertz CT molecular complexity index is 1160. The van der Waals surface area contributed by atoms with Crippen LogP contribution in [0.3, 0.4) is 0 Å². The predicted octanol–water partition coefficient (Wildman–Crippen LogP) is 4.18. The molecule has 1 fully saturated rings. The topological polar surface area (TPSA) is 92.3 Å². The number of nitrogens with one attached hydrogen (secondary N) is 1. The number of piperidine rings is 1. The van der Waals surface area contributed by atoms with Crippen LogP contribution in [0.4, 0.5) is 5.13 Å². The second-order valence-corrected chi connectivity index (χ2v) is 11.8. The van der Waals surface area contributed by atoms with Crippen LogP contribution in [0, 0.1) is 12.8 Å². The number of benzene rings is 2. The molecule has 1 aliphatic rings. The molecule has 0 saturated carbocycles. The van der Waals surface area contributed by atoms with Crippen molar-refractivity contribution >= 4 is 44.2 Å². The molecule has 0 bridgehead atoms. The summed E-state index contributed by atoms with van der Waals surface area (Å²) in [5.41, 5.74) is 2.21. The molecule has 0 spiro atoms. The standard InChI is InChI=1S/C22H24N4O3S3/c1-16-7-9-19(10-8-16)32(28,29)26-13-11-18(12-14-26)20(27)23-21-24-25-22(31-21)30-15-17-5-3-2-4-6-17/h2-10,18H,11-15H2,1H3,(H,23,24,27). The number of hydrogen-bond acceptors (Lipinski definition) is 7. The van der Waals surface area contributed by atoms with E-state index in [0.717, 1.165) is 15.7 Å². The van der Waals surface area contributed by atoms with Crippen LogP contribution in [0.5, 0.6) is 0 Å². The molecule has 1 amide bonds. The predicted molar refractivity (Wildman–Crippen MR) is 127 cm³/mol. The van der Waals surface area contributed by atoms with Crippen LogP contribution in [0.25, 0.3) is 0 Å². The van der Waals surface area contributed by atoms with Crippen LogP contribution in [0.2, 0.25) is 0 Å². The third-order valence-electron chi connectivity index (χ3n) is 5.33. The van der Waals surface area contributed by atoms with Gasteiger partial charge in [-0.25, -0.2) is 8.42 Å². The molecule has 4 rings (SSSR count). The molecule has 1 aromatic heterocycles. The lowest BCUT2D eigenvalue weighted by Gasteiger charge is -2.30. The van der Waals surface area contributed by atoms with Crippen molar-refractivity contribution in [3.05, 3.63) is 65.7 Å². The maximum atomic E-state index is 12.8. The Hall–Kier alpha value is -2.27. The summed E-state index contributed by atoms with van der Waals surface area (Å²) in [6.07, 6.45) is 0.955. The van der Waals surface area contributed by atoms with Gasteiger partial charge in [0.1, 0.15) is 0 Å². The fraction of sp³-hybridized carbons (Fsp3) is 0.318. The molecule has 168 valence electrons. The molecule has 1 aliphatic heterocycles. The molecule has 7 nitrogen and oxygen atoms in total. The largest absolute Gasteiger partial charge is 0.300 e. The van der Waals surface area contributed by atoms with Crippen LogP contribution in [0.1, 0.15) is 24.0 Å². The van der Waals surface area contributed by atoms with E-state index in [-0.39, 0.29) is 11.8 Å². The summed E-state index contributed by atoms with van der Waals surface area (Å²) in [7, 11) is -3.53. The van der Waals surface area contributed by atoms with Crippen LogP contribution < -0.4 is 5.32 Å². The summed E-state index contributed by atoms with van der Waals surface area (Å²) >= 11 is 2.93. The fourth-order valence-corrected chi connectivity index (χ4v) is 6.64. The number of rotatable bonds is 7. The van der Waals surface area contributed by atoms with Crippen molar-refractivity contribution in [2.45, 2.75) is 34.8 Å². The normalized spacial score (nSPS) is 15.5. The Labute approximate surface area is 196 Å². The molecule has 10 heteroatoms. The minimum atomic E-state index is -3.53. The number of hydrogen-bond donors (Lipinski definition) is 1. The van der Waals surface area contributed by atoms with Gasteiger partial charge in [0.05, 0.1) is 4.90 Å². The lowest BCUT2D eigenvalue weighted by molar-refractivity contribution is -0.120. The number of aromatic nitrogens is 2. The van der Waals surface area contributed by atoms with E-state index in [0.29, 0.717) is 36.0 Å². The van der Waals surface area contributed by atoms with Gasteiger partial charge in [-0.2, -0.15) is 4.31 Å². The highest BCUT2D eigenvalue weighted by Crippen LogP contribution is 2.30. The van der Waals surface area contributed by atoms with Crippen LogP contribution in [0.15, 0.2) is 63.8 Å². The zero-order valence-electron chi connectivity index (χ0n) is 17.6. The van der Waals surface area contributed by atoms with Gasteiger partial charge in [-0.1, -0.05) is 71.1 Å². The molecular weight excluding hydrogens is 464 g/mol. The van der Waals surface area contributed by atoms with E-state index < -0.39 is 10.0 Å². The van der Waals surface area contributed by atoms with Gasteiger partial charge >= 0.3 is 0 Å². The smallest absolute Gasteiger partial charge is 0.243 e. The van der Waals surface area contributed by atoms with Crippen molar-refractivity contribution in [2.24, 2.45) is 5.92 Å². The first-order valence-electron chi connectivity index (χ1n) is 10.3. The van der Waals surface area contributed by atoms with Gasteiger partial charge in [-0.3, -0.25) is 4.79 Å². The Morgan fingerprint density at radius 1 is 1.09 bits per heavy atom. The third kappa shape index (κ3) is 5.55. The SMILES string of the molecule is Cc1ccc(S(=O)(=O)N2CCC(C(=O)Nc3nnc(SCc4ccccc4)s3)CC2)cc1. The van der Waals surface area contributed by atoms with Crippen molar-refractivity contribution < 1.29 is 13.2 Å². The molecule has 32 heavy (non-hydrogen) atoms. The minimum Gasteiger partial charge on any atom is -0.300 e. The first kappa shape index (κ1) is 22.9. The molecule has 1 saturated heterocycles. The maximum absolute atomic E-state index is 12.8. The number of carbonyl (C=O) groups excluding carboxylic acids is 1. The minimum absolute atomic E-state index is 0.131. The number of aryl methyl sites for hydroxylation is 1. The van der Waals surface area contributed by atoms with Crippen molar-refractivity contribution in [2.75, 3.05) is 18.4 Å². The van der Waals surface area contributed by atoms with E-state index >= 15 is 0 Å². The summed E-state index contributed by atoms with van der Waals surface area (Å²) in [5.74, 6) is 0.411. The highest BCUT2D eigenvalue weighted by atomic mass is 32.2. The van der Waals surface area contributed by atoms with Gasteiger partial charge in [0.15, 0.2) is 4.34 Å². The number of sulfonamides is 1. The van der Waals surface area contributed by atoms with Crippen molar-refractivity contribution in [3.63, 3.8) is 0 Å². The lowest BCUT2D eigenvalue weighted by atomic mass is 9.97. The molecular formula is C22H24N4O3S3. The molecule has 3 aromatic rings. The average Bonchev–Trinajstić information content (AvgIpc) is 3.26. The van der Waals surface area contributed by atoms with Crippen LogP contribution >= 0.6 is 23.1 Å². The van der Waals surface area contributed by atoms with E-state index in [2.05, 4.69) is 27.6 Å². The monoisotopic (exact) mass is 488 g/mol. The Morgan fingerprint density at radius 2 is 1.78 bits per heavy atom. The van der Waals surface area contributed by atoms with Gasteiger partial charge < -0.3 is 5.32 Å². The Balaban J connectivity index is 1.28. The number of nitrogens with zero attached hydrogens (tertiary/aromatic N) is 3. The van der Waals surface area contributed by atoms with Crippen molar-refractivity contribution in [1.29, 1.82) is 0 Å². The summed E-state index contributed by atoms with van der Waals surface area (Å²) in [5, 5.41) is 11.5. The summed E-state index contributed by atoms with van der Waals surface area (Å²) in [6.45, 7) is 2.56. The van der Waals surface area contributed by atoms with Gasteiger partial charge in [0, 0.05) is 24.8 Å². The highest BCUT2D eigenvalue weighted by molar-refractivity contribution is 8.00. The summed E-state index contributed by atoms with van der Waals surface area (Å²) in [4.78, 5) is 13.0. The fourth-order valence-electron chi connectivity index (χ4n) is 3.46. The molecule has 0 radical (unpaired) electrons. The summed E-state index contributed by atoms with van der Waals surface area (Å²) < 4.78 is 27.9. The third-order valence-corrected chi connectivity index (χ3v) is 9.28. The Kier molecular flexibility index (Phi) is 7.24. The van der Waals surface area contributed by atoms with Gasteiger partial charge in [-0.05, 0) is 37.5 Å². The molecule has 1 N–H and O–H groups in total. The first-order chi connectivity index (χ1) is 15.4. The maximum Gasteiger partial charge on any atom is 0.243 e. The van der Waals surface area contributed by atoms with Crippen molar-refractivity contribution in [3.8, 4) is 0 Å². The second-order valence-electron chi connectivity index (χ2n) is 7.63. The van der Waals surface area contributed by atoms with Crippen LogP contribution in [-0.4, -0.2) is 41.9 Å². The molecule has 0 unspecified atom stereocenters.